The summed E-state index contributed by atoms with van der Waals surface area (Å²) in [6.45, 7) is -1.78. The van der Waals surface area contributed by atoms with Crippen LogP contribution < -0.4 is 0 Å². The summed E-state index contributed by atoms with van der Waals surface area (Å²) in [4.78, 5) is 0. The third-order valence-corrected chi connectivity index (χ3v) is 5.64. The Balaban J connectivity index is 1.62. The summed E-state index contributed by atoms with van der Waals surface area (Å²) in [6, 6.07) is 0. The predicted octanol–water partition coefficient (Wildman–Crippen LogP) is -6.25. The molecule has 3 aliphatic heterocycles. The number of aliphatic hydroxyl groups is 9. The van der Waals surface area contributed by atoms with E-state index in [4.69, 9.17) is 23.7 Å². The second kappa shape index (κ2) is 10.6. The maximum absolute atomic E-state index is 10.5. The van der Waals surface area contributed by atoms with E-state index in [0.717, 1.165) is 0 Å². The number of aliphatic hydroxyl groups excluding tert-OH is 9. The SMILES string of the molecule is OCC1O[C@@H](OC[C@H]2OCC(O)C2O)C(O)[C@@H](O)[C@@H]1O[C@@H]1OC(CO)[C@H](O)[C@H](O)C1O. The Morgan fingerprint density at radius 1 is 0.645 bits per heavy atom. The molecule has 3 rings (SSSR count). The molecule has 9 N–H and O–H groups in total. The zero-order valence-corrected chi connectivity index (χ0v) is 16.4. The zero-order valence-electron chi connectivity index (χ0n) is 16.4. The Hall–Kier alpha value is -0.560. The minimum atomic E-state index is -1.76. The maximum Gasteiger partial charge on any atom is 0.187 e. The van der Waals surface area contributed by atoms with Crippen molar-refractivity contribution >= 4 is 0 Å². The molecule has 0 aromatic heterocycles. The van der Waals surface area contributed by atoms with E-state index in [2.05, 4.69) is 0 Å². The first-order valence-electron chi connectivity index (χ1n) is 9.87. The average Bonchev–Trinajstić information content (AvgIpc) is 3.08. The molecule has 3 fully saturated rings. The van der Waals surface area contributed by atoms with Gasteiger partial charge >= 0.3 is 0 Å². The third-order valence-electron chi connectivity index (χ3n) is 5.64. The molecule has 0 saturated carbocycles. The molecule has 0 bridgehead atoms. The molecule has 6 unspecified atom stereocenters. The maximum atomic E-state index is 10.5. The highest BCUT2D eigenvalue weighted by molar-refractivity contribution is 4.94. The molecular weight excluding hydrogens is 428 g/mol. The topological polar surface area (TPSA) is 228 Å². The molecule has 0 aliphatic carbocycles. The highest BCUT2D eigenvalue weighted by Crippen LogP contribution is 2.30. The van der Waals surface area contributed by atoms with Gasteiger partial charge in [-0.3, -0.25) is 0 Å². The van der Waals surface area contributed by atoms with E-state index >= 15 is 0 Å². The Kier molecular flexibility index (Phi) is 8.56. The van der Waals surface area contributed by atoms with Gasteiger partial charge in [-0.05, 0) is 0 Å². The molecule has 0 aromatic carbocycles. The van der Waals surface area contributed by atoms with Gasteiger partial charge in [-0.2, -0.15) is 0 Å². The molecule has 31 heavy (non-hydrogen) atoms. The molecule has 0 amide bonds. The normalized spacial score (nSPS) is 51.2. The summed E-state index contributed by atoms with van der Waals surface area (Å²) in [7, 11) is 0. The molecule has 3 saturated heterocycles. The van der Waals surface area contributed by atoms with Crippen molar-refractivity contribution in [3.63, 3.8) is 0 Å². The molecule has 182 valence electrons. The van der Waals surface area contributed by atoms with Gasteiger partial charge in [0.2, 0.25) is 0 Å². The van der Waals surface area contributed by atoms with Crippen LogP contribution in [0.4, 0.5) is 0 Å². The number of ether oxygens (including phenoxy) is 5. The Morgan fingerprint density at radius 3 is 1.84 bits per heavy atom. The number of hydrogen-bond donors (Lipinski definition) is 9. The third kappa shape index (κ3) is 5.18. The standard InChI is InChI=1S/C17H30O14/c18-1-6-10(22)11(23)13(25)17(29-6)31-15-7(2-19)30-16(14(26)12(15)24)28-4-8-9(21)5(20)3-27-8/h5-26H,1-4H2/t5?,6?,7?,8-,9?,10+,11+,12-,13?,14?,15-,16-,17+/m1/s1. The minimum absolute atomic E-state index is 0.0971. The van der Waals surface area contributed by atoms with Gasteiger partial charge in [0.1, 0.15) is 67.1 Å². The van der Waals surface area contributed by atoms with Crippen molar-refractivity contribution in [1.29, 1.82) is 0 Å². The van der Waals surface area contributed by atoms with Crippen LogP contribution in [0.5, 0.6) is 0 Å². The van der Waals surface area contributed by atoms with Crippen LogP contribution in [0.25, 0.3) is 0 Å². The summed E-state index contributed by atoms with van der Waals surface area (Å²) < 4.78 is 26.6. The van der Waals surface area contributed by atoms with Gasteiger partial charge in [-0.25, -0.2) is 0 Å². The van der Waals surface area contributed by atoms with Gasteiger partial charge in [0.25, 0.3) is 0 Å². The van der Waals surface area contributed by atoms with Crippen LogP contribution in [-0.4, -0.2) is 152 Å². The molecular formula is C17H30O14. The van der Waals surface area contributed by atoms with E-state index in [1.807, 2.05) is 0 Å². The van der Waals surface area contributed by atoms with Crippen LogP contribution in [0.1, 0.15) is 0 Å². The second-order valence-corrected chi connectivity index (χ2v) is 7.77. The van der Waals surface area contributed by atoms with E-state index in [1.54, 1.807) is 0 Å². The fourth-order valence-electron chi connectivity index (χ4n) is 3.70. The van der Waals surface area contributed by atoms with E-state index < -0.39 is 92.9 Å². The molecule has 3 heterocycles. The smallest absolute Gasteiger partial charge is 0.187 e. The van der Waals surface area contributed by atoms with Gasteiger partial charge in [-0.1, -0.05) is 0 Å². The van der Waals surface area contributed by atoms with Gasteiger partial charge < -0.3 is 69.6 Å². The quantitative estimate of drug-likeness (QED) is 0.173. The van der Waals surface area contributed by atoms with Gasteiger partial charge in [-0.15, -0.1) is 0 Å². The van der Waals surface area contributed by atoms with Crippen molar-refractivity contribution in [1.82, 2.24) is 0 Å². The molecule has 0 spiro atoms. The highest BCUT2D eigenvalue weighted by Gasteiger charge is 2.51. The van der Waals surface area contributed by atoms with Crippen LogP contribution in [0.15, 0.2) is 0 Å². The monoisotopic (exact) mass is 458 g/mol. The van der Waals surface area contributed by atoms with Crippen molar-refractivity contribution in [3.05, 3.63) is 0 Å². The summed E-state index contributed by atoms with van der Waals surface area (Å²) >= 11 is 0. The van der Waals surface area contributed by atoms with Gasteiger partial charge in [0, 0.05) is 0 Å². The van der Waals surface area contributed by atoms with Crippen molar-refractivity contribution in [2.75, 3.05) is 26.4 Å². The lowest BCUT2D eigenvalue weighted by Gasteiger charge is -2.46. The van der Waals surface area contributed by atoms with Crippen molar-refractivity contribution < 1.29 is 69.6 Å². The molecule has 0 aromatic rings. The van der Waals surface area contributed by atoms with Crippen LogP contribution in [-0.2, 0) is 23.7 Å². The Morgan fingerprint density at radius 2 is 1.26 bits per heavy atom. The summed E-state index contributed by atoms with van der Waals surface area (Å²) in [6.07, 6.45) is -18.7. The summed E-state index contributed by atoms with van der Waals surface area (Å²) in [5.41, 5.74) is 0. The lowest BCUT2D eigenvalue weighted by atomic mass is 9.97. The second-order valence-electron chi connectivity index (χ2n) is 7.77. The highest BCUT2D eigenvalue weighted by atomic mass is 16.7. The fraction of sp³-hybridized carbons (Fsp3) is 1.00. The van der Waals surface area contributed by atoms with Crippen molar-refractivity contribution in [2.45, 2.75) is 79.7 Å². The lowest BCUT2D eigenvalue weighted by molar-refractivity contribution is -0.360. The first kappa shape index (κ1) is 25.1. The molecule has 14 heteroatoms. The molecule has 3 aliphatic rings. The van der Waals surface area contributed by atoms with Crippen LogP contribution >= 0.6 is 0 Å². The minimum Gasteiger partial charge on any atom is -0.394 e. The molecule has 0 radical (unpaired) electrons. The van der Waals surface area contributed by atoms with E-state index in [0.29, 0.717) is 0 Å². The first-order chi connectivity index (χ1) is 14.7. The average molecular weight is 458 g/mol. The number of hydrogen-bond acceptors (Lipinski definition) is 14. The Labute approximate surface area is 176 Å². The summed E-state index contributed by atoms with van der Waals surface area (Å²) in [5.74, 6) is 0. The van der Waals surface area contributed by atoms with Crippen LogP contribution in [0, 0.1) is 0 Å². The van der Waals surface area contributed by atoms with Crippen LogP contribution in [0.3, 0.4) is 0 Å². The van der Waals surface area contributed by atoms with Crippen LogP contribution in [0.2, 0.25) is 0 Å². The first-order valence-corrected chi connectivity index (χ1v) is 9.87. The zero-order chi connectivity index (χ0) is 22.9. The van der Waals surface area contributed by atoms with Crippen molar-refractivity contribution in [2.24, 2.45) is 0 Å². The number of rotatable bonds is 7. The Bertz CT molecular complexity index is 563. The predicted molar refractivity (Wildman–Crippen MR) is 94.1 cm³/mol. The van der Waals surface area contributed by atoms with E-state index in [-0.39, 0.29) is 13.2 Å². The largest absolute Gasteiger partial charge is 0.394 e. The van der Waals surface area contributed by atoms with E-state index in [1.165, 1.54) is 0 Å². The molecule has 13 atom stereocenters. The van der Waals surface area contributed by atoms with Gasteiger partial charge in [0.05, 0.1) is 26.4 Å². The van der Waals surface area contributed by atoms with E-state index in [9.17, 15) is 46.0 Å². The van der Waals surface area contributed by atoms with Gasteiger partial charge in [0.15, 0.2) is 12.6 Å². The molecule has 14 nitrogen and oxygen atoms in total. The lowest BCUT2D eigenvalue weighted by Crippen LogP contribution is -2.64. The summed E-state index contributed by atoms with van der Waals surface area (Å²) in [5, 5.41) is 88.8. The van der Waals surface area contributed by atoms with Crippen molar-refractivity contribution in [3.8, 4) is 0 Å². The fourth-order valence-corrected chi connectivity index (χ4v) is 3.70.